The van der Waals surface area contributed by atoms with E-state index in [0.717, 1.165) is 0 Å². The van der Waals surface area contributed by atoms with Crippen molar-refractivity contribution in [2.75, 3.05) is 0 Å². The molecule has 0 bridgehead atoms. The van der Waals surface area contributed by atoms with Crippen LogP contribution in [0.5, 0.6) is 0 Å². The molecule has 0 saturated heterocycles. The summed E-state index contributed by atoms with van der Waals surface area (Å²) in [4.78, 5) is 21.6. The van der Waals surface area contributed by atoms with Crippen LogP contribution in [0.15, 0.2) is 0 Å². The second-order valence-corrected chi connectivity index (χ2v) is 1.54. The molecule has 6 heavy (non-hydrogen) atoms. The van der Waals surface area contributed by atoms with Gasteiger partial charge in [0.05, 0.1) is 0 Å². The van der Waals surface area contributed by atoms with Crippen molar-refractivity contribution in [3.8, 4) is 0 Å². The smallest absolute Gasteiger partial charge is 0.466 e. The molecule has 0 rings (SSSR count). The third-order valence-corrected chi connectivity index (χ3v) is 0. The number of hydrogen-bond acceptors (Lipinski definition) is 1. The van der Waals surface area contributed by atoms with Crippen molar-refractivity contribution in [2.45, 2.75) is 0 Å². The van der Waals surface area contributed by atoms with Gasteiger partial charge >= 0.3 is 7.82 Å². The van der Waals surface area contributed by atoms with E-state index in [2.05, 4.69) is 0 Å². The predicted molar refractivity (Wildman–Crippen MR) is 14.3 cm³/mol. The molecule has 0 spiro atoms. The molecule has 0 radical (unpaired) electrons. The highest BCUT2D eigenvalue weighted by atomic mass is 31.2. The van der Waals surface area contributed by atoms with Gasteiger partial charge in [0.25, 0.3) is 0 Å². The number of hydrogen-bond donors (Lipinski definition) is 3. The van der Waals surface area contributed by atoms with Crippen molar-refractivity contribution >= 4 is 7.82 Å². The van der Waals surface area contributed by atoms with E-state index in [0.29, 0.717) is 0 Å². The molecule has 6 heteroatoms. The maximum absolute atomic E-state index is 8.88. The standard InChI is InChI=1S/FH.H3O4P/c;1-5(2,3)4/h1H;(H3,1,2,3,4)/p-1. The van der Waals surface area contributed by atoms with Crippen LogP contribution >= 0.6 is 7.82 Å². The molecular formula is H3FO4P-. The molecule has 0 aliphatic heterocycles. The van der Waals surface area contributed by atoms with Crippen molar-refractivity contribution in [1.29, 1.82) is 0 Å². The van der Waals surface area contributed by atoms with Gasteiger partial charge in [0.1, 0.15) is 0 Å². The van der Waals surface area contributed by atoms with Gasteiger partial charge in [-0.1, -0.05) is 0 Å². The molecule has 3 N–H and O–H groups in total. The molecule has 0 saturated carbocycles. The Morgan fingerprint density at radius 2 is 1.17 bits per heavy atom. The van der Waals surface area contributed by atoms with Crippen LogP contribution in [0.3, 0.4) is 0 Å². The SMILES string of the molecule is O=P(O)(O)O.[F-]. The monoisotopic (exact) mass is 117 g/mol. The Morgan fingerprint density at radius 1 is 1.17 bits per heavy atom. The second-order valence-electron chi connectivity index (χ2n) is 0.513. The first-order chi connectivity index (χ1) is 2.00. The molecule has 40 valence electrons. The number of halogens is 1. The molecule has 0 atom stereocenters. The van der Waals surface area contributed by atoms with Crippen LogP contribution in [0.25, 0.3) is 0 Å². The lowest BCUT2D eigenvalue weighted by Crippen LogP contribution is -3.00. The topological polar surface area (TPSA) is 77.8 Å². The van der Waals surface area contributed by atoms with Crippen LogP contribution in [0, 0.1) is 0 Å². The fourth-order valence-corrected chi connectivity index (χ4v) is 0. The van der Waals surface area contributed by atoms with Crippen molar-refractivity contribution < 1.29 is 23.9 Å². The Balaban J connectivity index is 0. The highest BCUT2D eigenvalue weighted by molar-refractivity contribution is 7.45. The summed E-state index contributed by atoms with van der Waals surface area (Å²) in [7, 11) is -4.64. The number of rotatable bonds is 0. The van der Waals surface area contributed by atoms with Crippen LogP contribution in [0.1, 0.15) is 0 Å². The van der Waals surface area contributed by atoms with Gasteiger partial charge in [-0.25, -0.2) is 4.57 Å². The molecule has 0 fully saturated rings. The van der Waals surface area contributed by atoms with Crippen LogP contribution < -0.4 is 4.70 Å². The van der Waals surface area contributed by atoms with E-state index in [4.69, 9.17) is 19.2 Å². The molecule has 0 aromatic heterocycles. The Labute approximate surface area is 33.0 Å². The van der Waals surface area contributed by atoms with Crippen LogP contribution in [-0.2, 0) is 4.57 Å². The Morgan fingerprint density at radius 3 is 1.17 bits per heavy atom. The summed E-state index contributed by atoms with van der Waals surface area (Å²) in [6.07, 6.45) is 0. The Hall–Kier alpha value is 0.0400. The highest BCUT2D eigenvalue weighted by Crippen LogP contribution is 2.25. The molecule has 0 aliphatic carbocycles. The summed E-state index contributed by atoms with van der Waals surface area (Å²) in [5.41, 5.74) is 0. The minimum absolute atomic E-state index is 0. The molecular weight excluding hydrogens is 114 g/mol. The van der Waals surface area contributed by atoms with Crippen LogP contribution in [0.4, 0.5) is 0 Å². The molecule has 0 aromatic rings. The van der Waals surface area contributed by atoms with Gasteiger partial charge < -0.3 is 19.4 Å². The van der Waals surface area contributed by atoms with E-state index in [1.165, 1.54) is 0 Å². The maximum Gasteiger partial charge on any atom is 0.466 e. The molecule has 0 amide bonds. The van der Waals surface area contributed by atoms with Gasteiger partial charge in [-0.2, -0.15) is 0 Å². The van der Waals surface area contributed by atoms with Crippen LogP contribution in [0.2, 0.25) is 0 Å². The first kappa shape index (κ1) is 9.40. The first-order valence-electron chi connectivity index (χ1n) is 0.783. The minimum atomic E-state index is -4.64. The summed E-state index contributed by atoms with van der Waals surface area (Å²) in [5.74, 6) is 0. The summed E-state index contributed by atoms with van der Waals surface area (Å²) in [6, 6.07) is 0. The molecule has 0 aliphatic rings. The van der Waals surface area contributed by atoms with Gasteiger partial charge in [0.15, 0.2) is 0 Å². The average Bonchev–Trinajstić information content (AvgIpc) is 0.722. The van der Waals surface area contributed by atoms with E-state index < -0.39 is 7.82 Å². The maximum atomic E-state index is 8.88. The zero-order chi connectivity index (χ0) is 4.50. The van der Waals surface area contributed by atoms with Crippen molar-refractivity contribution in [1.82, 2.24) is 0 Å². The summed E-state index contributed by atoms with van der Waals surface area (Å²) < 4.78 is 8.88. The summed E-state index contributed by atoms with van der Waals surface area (Å²) in [5, 5.41) is 0. The zero-order valence-corrected chi connectivity index (χ0v) is 3.47. The third-order valence-electron chi connectivity index (χ3n) is 0. The largest absolute Gasteiger partial charge is 1.00 e. The van der Waals surface area contributed by atoms with E-state index in [1.54, 1.807) is 0 Å². The summed E-state index contributed by atoms with van der Waals surface area (Å²) >= 11 is 0. The average molecular weight is 117 g/mol. The van der Waals surface area contributed by atoms with Gasteiger partial charge in [0.2, 0.25) is 0 Å². The Bertz CT molecular complexity index is 53.7. The molecule has 0 heterocycles. The van der Waals surface area contributed by atoms with Gasteiger partial charge in [-0.15, -0.1) is 0 Å². The van der Waals surface area contributed by atoms with Gasteiger partial charge in [-0.05, 0) is 0 Å². The number of phosphoric acid groups is 1. The quantitative estimate of drug-likeness (QED) is 0.283. The van der Waals surface area contributed by atoms with Crippen molar-refractivity contribution in [3.63, 3.8) is 0 Å². The van der Waals surface area contributed by atoms with E-state index >= 15 is 0 Å². The zero-order valence-electron chi connectivity index (χ0n) is 2.58. The molecule has 4 nitrogen and oxygen atoms in total. The van der Waals surface area contributed by atoms with Gasteiger partial charge in [0, 0.05) is 0 Å². The lowest BCUT2D eigenvalue weighted by Gasteiger charge is -1.82. The third kappa shape index (κ3) is 23300. The van der Waals surface area contributed by atoms with Crippen molar-refractivity contribution in [2.24, 2.45) is 0 Å². The predicted octanol–water partition coefficient (Wildman–Crippen LogP) is -3.92. The molecule has 0 unspecified atom stereocenters. The lowest BCUT2D eigenvalue weighted by molar-refractivity contribution is -0.0000103. The summed E-state index contributed by atoms with van der Waals surface area (Å²) in [6.45, 7) is 0. The van der Waals surface area contributed by atoms with E-state index in [-0.39, 0.29) is 4.70 Å². The normalized spacial score (nSPS) is 9.83. The van der Waals surface area contributed by atoms with Gasteiger partial charge in [-0.3, -0.25) is 0 Å². The first-order valence-corrected chi connectivity index (χ1v) is 2.35. The second kappa shape index (κ2) is 2.25. The van der Waals surface area contributed by atoms with Crippen molar-refractivity contribution in [3.05, 3.63) is 0 Å². The fraction of sp³-hybridized carbons (Fsp3) is 0. The Kier molecular flexibility index (Phi) is 3.53. The van der Waals surface area contributed by atoms with E-state index in [9.17, 15) is 0 Å². The highest BCUT2D eigenvalue weighted by Gasteiger charge is 2.00. The minimum Gasteiger partial charge on any atom is -1.00 e. The molecule has 0 aromatic carbocycles. The van der Waals surface area contributed by atoms with Crippen LogP contribution in [-0.4, -0.2) is 14.7 Å². The van der Waals surface area contributed by atoms with E-state index in [1.807, 2.05) is 0 Å². The fourth-order valence-electron chi connectivity index (χ4n) is 0. The lowest BCUT2D eigenvalue weighted by atomic mass is 15.8.